The van der Waals surface area contributed by atoms with Crippen molar-refractivity contribution in [3.8, 4) is 0 Å². The van der Waals surface area contributed by atoms with E-state index in [2.05, 4.69) is 20.2 Å². The normalized spacial score (nSPS) is 11.5. The lowest BCUT2D eigenvalue weighted by molar-refractivity contribution is 0.343. The number of rotatable bonds is 2. The highest BCUT2D eigenvalue weighted by Crippen LogP contribution is 2.08. The number of fused-ring (bicyclic) bond motifs is 1. The minimum atomic E-state index is -0.249. The highest BCUT2D eigenvalue weighted by molar-refractivity contribution is 5.82. The fourth-order valence-corrected chi connectivity index (χ4v) is 1.18. The van der Waals surface area contributed by atoms with Gasteiger partial charge in [0.25, 0.3) is 5.56 Å². The zero-order chi connectivity index (χ0) is 9.97. The van der Waals surface area contributed by atoms with Crippen molar-refractivity contribution in [2.75, 3.05) is 6.61 Å². The Kier molecular flexibility index (Phi) is 2.11. The third-order valence-corrected chi connectivity index (χ3v) is 1.77. The van der Waals surface area contributed by atoms with Crippen LogP contribution in [0.2, 0.25) is 0 Å². The predicted octanol–water partition coefficient (Wildman–Crippen LogP) is -0.348. The van der Waals surface area contributed by atoms with Crippen LogP contribution < -0.4 is 5.56 Å². The Morgan fingerprint density at radius 1 is 1.57 bits per heavy atom. The highest BCUT2D eigenvalue weighted by Gasteiger charge is 2.06. The summed E-state index contributed by atoms with van der Waals surface area (Å²) in [6, 6.07) is 0. The molecular formula is C8H8N4O2. The van der Waals surface area contributed by atoms with Crippen molar-refractivity contribution in [1.82, 2.24) is 20.2 Å². The van der Waals surface area contributed by atoms with Crippen LogP contribution in [0.4, 0.5) is 0 Å². The second-order valence-corrected chi connectivity index (χ2v) is 2.65. The van der Waals surface area contributed by atoms with Gasteiger partial charge >= 0.3 is 0 Å². The molecule has 2 rings (SSSR count). The van der Waals surface area contributed by atoms with Crippen LogP contribution in [0.15, 0.2) is 17.2 Å². The minimum absolute atomic E-state index is 0.0846. The van der Waals surface area contributed by atoms with E-state index in [-0.39, 0.29) is 12.2 Å². The van der Waals surface area contributed by atoms with E-state index in [1.165, 1.54) is 12.4 Å². The van der Waals surface area contributed by atoms with Crippen LogP contribution in [0.5, 0.6) is 0 Å². The molecule has 72 valence electrons. The molecule has 0 fully saturated rings. The number of aliphatic hydroxyl groups excluding tert-OH is 1. The second-order valence-electron chi connectivity index (χ2n) is 2.65. The van der Waals surface area contributed by atoms with Crippen molar-refractivity contribution in [3.63, 3.8) is 0 Å². The Morgan fingerprint density at radius 3 is 3.21 bits per heavy atom. The van der Waals surface area contributed by atoms with Gasteiger partial charge in [-0.25, -0.2) is 4.98 Å². The van der Waals surface area contributed by atoms with E-state index in [1.807, 2.05) is 0 Å². The molecule has 2 heterocycles. The summed E-state index contributed by atoms with van der Waals surface area (Å²) in [7, 11) is 0. The number of nitrogens with zero attached hydrogens (tertiary/aromatic N) is 2. The maximum atomic E-state index is 11.4. The molecule has 6 nitrogen and oxygen atoms in total. The van der Waals surface area contributed by atoms with Gasteiger partial charge in [-0.1, -0.05) is 6.08 Å². The number of hydrogen-bond acceptors (Lipinski definition) is 4. The first-order chi connectivity index (χ1) is 6.83. The fraction of sp³-hybridized carbons (Fsp3) is 0.125. The van der Waals surface area contributed by atoms with E-state index in [1.54, 1.807) is 6.08 Å². The van der Waals surface area contributed by atoms with Gasteiger partial charge in [0.2, 0.25) is 0 Å². The molecule has 2 aromatic rings. The molecule has 0 atom stereocenters. The second kappa shape index (κ2) is 3.43. The molecule has 0 aliphatic carbocycles. The summed E-state index contributed by atoms with van der Waals surface area (Å²) < 4.78 is 0. The SMILES string of the molecule is O=c1[nH]cnc2n[nH]c(C=CCO)c12. The van der Waals surface area contributed by atoms with Gasteiger partial charge in [-0.2, -0.15) is 5.10 Å². The van der Waals surface area contributed by atoms with Gasteiger partial charge in [0.05, 0.1) is 18.6 Å². The zero-order valence-corrected chi connectivity index (χ0v) is 7.19. The number of nitrogens with one attached hydrogen (secondary N) is 2. The minimum Gasteiger partial charge on any atom is -0.392 e. The number of hydrogen-bond donors (Lipinski definition) is 3. The lowest BCUT2D eigenvalue weighted by atomic mass is 10.3. The van der Waals surface area contributed by atoms with Gasteiger partial charge in [0.15, 0.2) is 5.65 Å². The molecule has 2 aromatic heterocycles. The van der Waals surface area contributed by atoms with Crippen molar-refractivity contribution in [2.24, 2.45) is 0 Å². The summed E-state index contributed by atoms with van der Waals surface area (Å²) >= 11 is 0. The van der Waals surface area contributed by atoms with Crippen molar-refractivity contribution in [2.45, 2.75) is 0 Å². The number of aromatic amines is 2. The van der Waals surface area contributed by atoms with Gasteiger partial charge in [0.1, 0.15) is 5.39 Å². The number of H-pyrrole nitrogens is 2. The van der Waals surface area contributed by atoms with Crippen molar-refractivity contribution >= 4 is 17.1 Å². The molecule has 14 heavy (non-hydrogen) atoms. The molecule has 0 bridgehead atoms. The van der Waals surface area contributed by atoms with Crippen molar-refractivity contribution < 1.29 is 5.11 Å². The number of aliphatic hydroxyl groups is 1. The van der Waals surface area contributed by atoms with Crippen LogP contribution in [-0.2, 0) is 0 Å². The Morgan fingerprint density at radius 2 is 2.43 bits per heavy atom. The Labute approximate surface area is 78.3 Å². The lowest BCUT2D eigenvalue weighted by Crippen LogP contribution is -2.05. The van der Waals surface area contributed by atoms with Crippen LogP contribution >= 0.6 is 0 Å². The molecule has 0 radical (unpaired) electrons. The molecule has 0 unspecified atom stereocenters. The topological polar surface area (TPSA) is 94.7 Å². The van der Waals surface area contributed by atoms with Gasteiger partial charge in [-0.15, -0.1) is 0 Å². The van der Waals surface area contributed by atoms with Crippen LogP contribution in [-0.4, -0.2) is 31.9 Å². The smallest absolute Gasteiger partial charge is 0.262 e. The van der Waals surface area contributed by atoms with E-state index in [4.69, 9.17) is 5.11 Å². The van der Waals surface area contributed by atoms with Crippen molar-refractivity contribution in [1.29, 1.82) is 0 Å². The standard InChI is InChI=1S/C8H8N4O2/c13-3-1-2-5-6-7(12-11-5)9-4-10-8(6)14/h1-2,4,13H,3H2,(H2,9,10,11,12,14). The quantitative estimate of drug-likeness (QED) is 0.606. The average molecular weight is 192 g/mol. The highest BCUT2D eigenvalue weighted by atomic mass is 16.2. The van der Waals surface area contributed by atoms with Gasteiger partial charge in [-0.05, 0) is 6.08 Å². The largest absolute Gasteiger partial charge is 0.392 e. The summed E-state index contributed by atoms with van der Waals surface area (Å²) in [6.45, 7) is -0.0846. The van der Waals surface area contributed by atoms with E-state index in [0.29, 0.717) is 16.7 Å². The van der Waals surface area contributed by atoms with E-state index >= 15 is 0 Å². The van der Waals surface area contributed by atoms with Crippen molar-refractivity contribution in [3.05, 3.63) is 28.5 Å². The maximum absolute atomic E-state index is 11.4. The van der Waals surface area contributed by atoms with Gasteiger partial charge < -0.3 is 10.1 Å². The van der Waals surface area contributed by atoms with E-state index < -0.39 is 0 Å². The summed E-state index contributed by atoms with van der Waals surface area (Å²) in [5.74, 6) is 0. The monoisotopic (exact) mass is 192 g/mol. The Bertz CT molecular complexity index is 525. The molecule has 0 amide bonds. The molecule has 0 aliphatic rings. The molecule has 0 aliphatic heterocycles. The fourth-order valence-electron chi connectivity index (χ4n) is 1.18. The average Bonchev–Trinajstić information content (AvgIpc) is 2.59. The summed E-state index contributed by atoms with van der Waals surface area (Å²) in [4.78, 5) is 17.7. The third kappa shape index (κ3) is 1.31. The summed E-state index contributed by atoms with van der Waals surface area (Å²) in [6.07, 6.45) is 4.40. The molecule has 0 saturated carbocycles. The Balaban J connectivity index is 2.67. The third-order valence-electron chi connectivity index (χ3n) is 1.77. The number of aromatic nitrogens is 4. The lowest BCUT2D eigenvalue weighted by Gasteiger charge is -1.87. The maximum Gasteiger partial charge on any atom is 0.262 e. The van der Waals surface area contributed by atoms with Crippen LogP contribution in [0.3, 0.4) is 0 Å². The Hall–Kier alpha value is -1.95. The van der Waals surface area contributed by atoms with Crippen LogP contribution in [0.25, 0.3) is 17.1 Å². The first-order valence-corrected chi connectivity index (χ1v) is 4.02. The zero-order valence-electron chi connectivity index (χ0n) is 7.19. The van der Waals surface area contributed by atoms with E-state index in [9.17, 15) is 4.79 Å². The first kappa shape index (κ1) is 8.64. The van der Waals surface area contributed by atoms with Crippen LogP contribution in [0.1, 0.15) is 5.69 Å². The molecule has 0 spiro atoms. The van der Waals surface area contributed by atoms with E-state index in [0.717, 1.165) is 0 Å². The first-order valence-electron chi connectivity index (χ1n) is 4.02. The molecular weight excluding hydrogens is 184 g/mol. The van der Waals surface area contributed by atoms with Crippen LogP contribution in [0, 0.1) is 0 Å². The van der Waals surface area contributed by atoms with Gasteiger partial charge in [-0.3, -0.25) is 9.89 Å². The molecule has 3 N–H and O–H groups in total. The predicted molar refractivity (Wildman–Crippen MR) is 50.6 cm³/mol. The summed E-state index contributed by atoms with van der Waals surface area (Å²) in [5.41, 5.74) is 0.663. The summed E-state index contributed by atoms with van der Waals surface area (Å²) in [5, 5.41) is 15.5. The molecule has 6 heteroatoms. The molecule has 0 saturated heterocycles. The van der Waals surface area contributed by atoms with Gasteiger partial charge in [0, 0.05) is 0 Å². The molecule has 0 aromatic carbocycles.